The van der Waals surface area contributed by atoms with Crippen LogP contribution >= 0.6 is 0 Å². The van der Waals surface area contributed by atoms with E-state index in [9.17, 15) is 4.79 Å². The van der Waals surface area contributed by atoms with Gasteiger partial charge in [-0.25, -0.2) is 0 Å². The Morgan fingerprint density at radius 1 is 1.38 bits per heavy atom. The summed E-state index contributed by atoms with van der Waals surface area (Å²) in [5, 5.41) is 8.68. The number of allylic oxidation sites excluding steroid dienone is 2. The second-order valence-electron chi connectivity index (χ2n) is 4.82. The number of carboxylic acids is 1. The molecule has 0 aromatic heterocycles. The molecular weight excluding hydrogens is 268 g/mol. The zero-order valence-electron chi connectivity index (χ0n) is 12.1. The number of carboxylic acid groups (broad SMARTS) is 1. The normalized spacial score (nSPS) is 16.4. The zero-order chi connectivity index (χ0) is 15.2. The molecule has 2 rings (SSSR count). The molecule has 1 aliphatic rings. The molecule has 110 valence electrons. The maximum atomic E-state index is 10.6. The van der Waals surface area contributed by atoms with E-state index in [1.807, 2.05) is 34.9 Å². The number of hydrogen-bond donors (Lipinski definition) is 1. The maximum Gasteiger partial charge on any atom is 0.325 e. The Morgan fingerprint density at radius 2 is 2.10 bits per heavy atom. The van der Waals surface area contributed by atoms with Gasteiger partial charge < -0.3 is 9.84 Å². The van der Waals surface area contributed by atoms with Gasteiger partial charge in [0.15, 0.2) is 5.70 Å². The molecule has 0 spiro atoms. The standard InChI is InChI=1S/C16H18N2O3/c1-18(13-6-8-15(21-2)9-7-13)14-5-3-4-12(10-14)17-11-16(19)20/h6-10H,1,3-5,11H2,2H3/p+1. The molecular formula is C16H19N2O3+. The molecule has 0 radical (unpaired) electrons. The molecule has 0 heterocycles. The number of benzene rings is 1. The van der Waals surface area contributed by atoms with Crippen LogP contribution in [0.15, 0.2) is 41.0 Å². The van der Waals surface area contributed by atoms with Crippen molar-refractivity contribution in [2.45, 2.75) is 19.3 Å². The molecule has 1 N–H and O–H groups in total. The summed E-state index contributed by atoms with van der Waals surface area (Å²) < 4.78 is 6.99. The van der Waals surface area contributed by atoms with Gasteiger partial charge >= 0.3 is 5.97 Å². The van der Waals surface area contributed by atoms with E-state index in [-0.39, 0.29) is 6.54 Å². The van der Waals surface area contributed by atoms with Gasteiger partial charge in [0.1, 0.15) is 19.0 Å². The second-order valence-corrected chi connectivity index (χ2v) is 4.82. The third-order valence-electron chi connectivity index (χ3n) is 3.35. The van der Waals surface area contributed by atoms with Gasteiger partial charge in [0, 0.05) is 30.3 Å². The van der Waals surface area contributed by atoms with Gasteiger partial charge in [-0.2, -0.15) is 4.58 Å². The third kappa shape index (κ3) is 4.02. The molecule has 0 saturated heterocycles. The average molecular weight is 287 g/mol. The quantitative estimate of drug-likeness (QED) is 0.669. The Balaban J connectivity index is 2.17. The zero-order valence-corrected chi connectivity index (χ0v) is 12.1. The highest BCUT2D eigenvalue weighted by molar-refractivity contribution is 5.97. The minimum atomic E-state index is -0.912. The number of rotatable bonds is 5. The Hall–Kier alpha value is -2.43. The van der Waals surface area contributed by atoms with Crippen LogP contribution in [-0.2, 0) is 4.79 Å². The fourth-order valence-electron chi connectivity index (χ4n) is 2.22. The van der Waals surface area contributed by atoms with Crippen molar-refractivity contribution < 1.29 is 19.2 Å². The van der Waals surface area contributed by atoms with Gasteiger partial charge in [-0.05, 0) is 25.0 Å². The summed E-state index contributed by atoms with van der Waals surface area (Å²) >= 11 is 0. The Bertz CT molecular complexity index is 600. The van der Waals surface area contributed by atoms with Crippen molar-refractivity contribution in [1.82, 2.24) is 0 Å². The molecule has 5 heteroatoms. The molecule has 21 heavy (non-hydrogen) atoms. The SMILES string of the molecule is C=[N+](C1=CC(=NCC(=O)O)CCC1)c1ccc(OC)cc1. The average Bonchev–Trinajstić information content (AvgIpc) is 2.52. The molecule has 0 aliphatic heterocycles. The number of nitrogens with zero attached hydrogens (tertiary/aromatic N) is 2. The number of ether oxygens (including phenoxy) is 1. The van der Waals surface area contributed by atoms with Crippen LogP contribution in [-0.4, -0.2) is 41.7 Å². The molecule has 0 atom stereocenters. The van der Waals surface area contributed by atoms with Crippen molar-refractivity contribution >= 4 is 24.1 Å². The summed E-state index contributed by atoms with van der Waals surface area (Å²) in [6.45, 7) is 3.89. The summed E-state index contributed by atoms with van der Waals surface area (Å²) in [6, 6.07) is 7.65. The first-order valence-electron chi connectivity index (χ1n) is 6.80. The predicted molar refractivity (Wildman–Crippen MR) is 81.9 cm³/mol. The molecule has 0 unspecified atom stereocenters. The fraction of sp³-hybridized carbons (Fsp3) is 0.312. The van der Waals surface area contributed by atoms with Gasteiger partial charge in [0.2, 0.25) is 5.69 Å². The third-order valence-corrected chi connectivity index (χ3v) is 3.35. The van der Waals surface area contributed by atoms with Crippen LogP contribution in [0.4, 0.5) is 5.69 Å². The molecule has 0 fully saturated rings. The summed E-state index contributed by atoms with van der Waals surface area (Å²) in [5.74, 6) is -0.113. The highest BCUT2D eigenvalue weighted by atomic mass is 16.5. The van der Waals surface area contributed by atoms with Crippen molar-refractivity contribution in [3.05, 3.63) is 36.0 Å². The van der Waals surface area contributed by atoms with Crippen LogP contribution in [0.2, 0.25) is 0 Å². The van der Waals surface area contributed by atoms with E-state index in [4.69, 9.17) is 9.84 Å². The summed E-state index contributed by atoms with van der Waals surface area (Å²) in [6.07, 6.45) is 4.60. The van der Waals surface area contributed by atoms with E-state index in [0.29, 0.717) is 0 Å². The van der Waals surface area contributed by atoms with Crippen LogP contribution in [0.3, 0.4) is 0 Å². The van der Waals surface area contributed by atoms with Gasteiger partial charge in [0.05, 0.1) is 7.11 Å². The van der Waals surface area contributed by atoms with E-state index in [1.165, 1.54) is 0 Å². The predicted octanol–water partition coefficient (Wildman–Crippen LogP) is 2.63. The molecule has 0 bridgehead atoms. The van der Waals surface area contributed by atoms with Gasteiger partial charge in [-0.1, -0.05) is 0 Å². The van der Waals surface area contributed by atoms with E-state index >= 15 is 0 Å². The first-order valence-corrected chi connectivity index (χ1v) is 6.80. The molecule has 0 amide bonds. The lowest BCUT2D eigenvalue weighted by Crippen LogP contribution is -2.12. The topological polar surface area (TPSA) is 61.9 Å². The Labute approximate surface area is 123 Å². The largest absolute Gasteiger partial charge is 0.497 e. The van der Waals surface area contributed by atoms with E-state index < -0.39 is 5.97 Å². The highest BCUT2D eigenvalue weighted by Crippen LogP contribution is 2.24. The number of methoxy groups -OCH3 is 1. The van der Waals surface area contributed by atoms with Crippen LogP contribution in [0.1, 0.15) is 19.3 Å². The molecule has 5 nitrogen and oxygen atoms in total. The Morgan fingerprint density at radius 3 is 2.71 bits per heavy atom. The highest BCUT2D eigenvalue weighted by Gasteiger charge is 2.19. The van der Waals surface area contributed by atoms with Crippen molar-refractivity contribution in [3.8, 4) is 5.75 Å². The maximum absolute atomic E-state index is 10.6. The molecule has 0 saturated carbocycles. The smallest absolute Gasteiger partial charge is 0.325 e. The van der Waals surface area contributed by atoms with Crippen LogP contribution in [0, 0.1) is 0 Å². The fourth-order valence-corrected chi connectivity index (χ4v) is 2.22. The summed E-state index contributed by atoms with van der Waals surface area (Å²) in [4.78, 5) is 14.7. The summed E-state index contributed by atoms with van der Waals surface area (Å²) in [5.41, 5.74) is 2.82. The van der Waals surface area contributed by atoms with Gasteiger partial charge in [-0.3, -0.25) is 9.79 Å². The number of aliphatic imine (C=N–C) groups is 1. The van der Waals surface area contributed by atoms with Gasteiger partial charge in [-0.15, -0.1) is 0 Å². The van der Waals surface area contributed by atoms with Gasteiger partial charge in [0.25, 0.3) is 0 Å². The molecule has 1 aliphatic carbocycles. The van der Waals surface area contributed by atoms with Crippen molar-refractivity contribution in [2.75, 3.05) is 13.7 Å². The van der Waals surface area contributed by atoms with Crippen molar-refractivity contribution in [3.63, 3.8) is 0 Å². The lowest BCUT2D eigenvalue weighted by atomic mass is 10.0. The summed E-state index contributed by atoms with van der Waals surface area (Å²) in [7, 11) is 1.63. The minimum absolute atomic E-state index is 0.182. The first kappa shape index (κ1) is 15.0. The second kappa shape index (κ2) is 6.83. The molecule has 1 aromatic carbocycles. The van der Waals surface area contributed by atoms with E-state index in [0.717, 1.165) is 42.1 Å². The Kier molecular flexibility index (Phi) is 4.87. The first-order chi connectivity index (χ1) is 10.1. The van der Waals surface area contributed by atoms with Crippen LogP contribution in [0.5, 0.6) is 5.75 Å². The minimum Gasteiger partial charge on any atom is -0.497 e. The van der Waals surface area contributed by atoms with Crippen LogP contribution < -0.4 is 4.74 Å². The van der Waals surface area contributed by atoms with Crippen molar-refractivity contribution in [1.29, 1.82) is 0 Å². The van der Waals surface area contributed by atoms with Crippen LogP contribution in [0.25, 0.3) is 0 Å². The van der Waals surface area contributed by atoms with Crippen molar-refractivity contribution in [2.24, 2.45) is 4.99 Å². The lowest BCUT2D eigenvalue weighted by Gasteiger charge is -2.11. The number of aliphatic carboxylic acids is 1. The number of hydrogen-bond acceptors (Lipinski definition) is 3. The lowest BCUT2D eigenvalue weighted by molar-refractivity contribution is -0.377. The monoisotopic (exact) mass is 287 g/mol. The van der Waals surface area contributed by atoms with E-state index in [1.54, 1.807) is 7.11 Å². The van der Waals surface area contributed by atoms with E-state index in [2.05, 4.69) is 11.7 Å². The number of carbonyl (C=O) groups is 1. The molecule has 1 aromatic rings.